The number of benzene rings is 2. The maximum atomic E-state index is 13.8. The number of rotatable bonds is 5. The molecule has 1 N–H and O–H groups in total. The lowest BCUT2D eigenvalue weighted by molar-refractivity contribution is 0.413. The molecule has 0 aliphatic carbocycles. The zero-order valence-corrected chi connectivity index (χ0v) is 16.5. The third kappa shape index (κ3) is 3.62. The Labute approximate surface area is 170 Å². The van der Waals surface area contributed by atoms with Gasteiger partial charge in [0, 0.05) is 29.3 Å². The van der Waals surface area contributed by atoms with Gasteiger partial charge in [-0.05, 0) is 29.7 Å². The average Bonchev–Trinajstić information content (AvgIpc) is 3.21. The Bertz CT molecular complexity index is 1310. The van der Waals surface area contributed by atoms with Crippen molar-refractivity contribution in [3.63, 3.8) is 0 Å². The van der Waals surface area contributed by atoms with Crippen LogP contribution in [0.3, 0.4) is 0 Å². The monoisotopic (exact) mass is 433 g/mol. The fourth-order valence-corrected chi connectivity index (χ4v) is 4.07. The number of sulfonamides is 1. The summed E-state index contributed by atoms with van der Waals surface area (Å²) in [6.45, 7) is 0. The van der Waals surface area contributed by atoms with Crippen LogP contribution in [0.2, 0.25) is 5.02 Å². The quantitative estimate of drug-likeness (QED) is 0.498. The zero-order chi connectivity index (χ0) is 20.6. The summed E-state index contributed by atoms with van der Waals surface area (Å²) >= 11 is 5.94. The van der Waals surface area contributed by atoms with Gasteiger partial charge in [-0.15, -0.1) is 0 Å². The predicted octanol–water partition coefficient (Wildman–Crippen LogP) is 4.49. The summed E-state index contributed by atoms with van der Waals surface area (Å²) in [6, 6.07) is 10.2. The number of nitrogens with one attached hydrogen (secondary N) is 1. The fourth-order valence-electron chi connectivity index (χ4n) is 2.88. The predicted molar refractivity (Wildman–Crippen MR) is 106 cm³/mol. The van der Waals surface area contributed by atoms with Crippen LogP contribution in [0.5, 0.6) is 5.75 Å². The molecule has 2 aromatic heterocycles. The van der Waals surface area contributed by atoms with Crippen molar-refractivity contribution in [3.8, 4) is 17.0 Å². The molecule has 29 heavy (non-hydrogen) atoms. The highest BCUT2D eigenvalue weighted by molar-refractivity contribution is 7.92. The van der Waals surface area contributed by atoms with Gasteiger partial charge in [0.2, 0.25) is 0 Å². The van der Waals surface area contributed by atoms with E-state index in [-0.39, 0.29) is 21.5 Å². The van der Waals surface area contributed by atoms with Gasteiger partial charge in [0.15, 0.2) is 5.82 Å². The molecule has 0 bridgehead atoms. The van der Waals surface area contributed by atoms with Crippen LogP contribution >= 0.6 is 11.6 Å². The van der Waals surface area contributed by atoms with Gasteiger partial charge in [-0.2, -0.15) is 0 Å². The van der Waals surface area contributed by atoms with Crippen LogP contribution in [0.1, 0.15) is 0 Å². The first-order chi connectivity index (χ1) is 13.9. The number of hydrogen-bond acceptors (Lipinski definition) is 6. The number of aromatic nitrogens is 2. The van der Waals surface area contributed by atoms with Crippen molar-refractivity contribution in [2.24, 2.45) is 0 Å². The molecule has 0 fully saturated rings. The number of anilines is 1. The van der Waals surface area contributed by atoms with Crippen molar-refractivity contribution in [1.82, 2.24) is 10.1 Å². The van der Waals surface area contributed by atoms with Gasteiger partial charge in [0.25, 0.3) is 10.0 Å². The number of fused-ring (bicyclic) bond motifs is 1. The summed E-state index contributed by atoms with van der Waals surface area (Å²) < 4.78 is 51.2. The topological polar surface area (TPSA) is 94.3 Å². The van der Waals surface area contributed by atoms with Gasteiger partial charge in [-0.1, -0.05) is 22.8 Å². The molecule has 2 aromatic carbocycles. The summed E-state index contributed by atoms with van der Waals surface area (Å²) in [6.07, 6.45) is 2.78. The minimum atomic E-state index is -3.87. The highest BCUT2D eigenvalue weighted by atomic mass is 35.5. The summed E-state index contributed by atoms with van der Waals surface area (Å²) in [5, 5.41) is 4.73. The molecule has 2 heterocycles. The van der Waals surface area contributed by atoms with Crippen LogP contribution < -0.4 is 9.46 Å². The van der Waals surface area contributed by atoms with E-state index in [1.807, 2.05) is 0 Å². The zero-order valence-electron chi connectivity index (χ0n) is 14.9. The molecule has 148 valence electrons. The largest absolute Gasteiger partial charge is 0.496 e. The van der Waals surface area contributed by atoms with Crippen molar-refractivity contribution >= 4 is 38.2 Å². The highest BCUT2D eigenvalue weighted by Crippen LogP contribution is 2.37. The third-order valence-electron chi connectivity index (χ3n) is 4.22. The standard InChI is InChI=1S/C19H13ClFN3O4S/c1-27-17-10-16(21)15(20)9-14(17)19-13-3-2-12(8-11(13)4-6-22-19)29(25,26)24-18-5-7-28-23-18/h2-10H,1H3,(H,23,24). The molecule has 10 heteroatoms. The van der Waals surface area contributed by atoms with E-state index in [1.165, 1.54) is 49.9 Å². The highest BCUT2D eigenvalue weighted by Gasteiger charge is 2.19. The van der Waals surface area contributed by atoms with Gasteiger partial charge in [0.1, 0.15) is 17.8 Å². The van der Waals surface area contributed by atoms with E-state index in [1.54, 1.807) is 12.1 Å². The minimum absolute atomic E-state index is 0.0363. The van der Waals surface area contributed by atoms with Crippen LogP contribution in [-0.2, 0) is 10.0 Å². The van der Waals surface area contributed by atoms with E-state index < -0.39 is 15.8 Å². The van der Waals surface area contributed by atoms with E-state index in [0.29, 0.717) is 22.0 Å². The van der Waals surface area contributed by atoms with E-state index in [2.05, 4.69) is 19.4 Å². The van der Waals surface area contributed by atoms with Crippen LogP contribution in [0.25, 0.3) is 22.0 Å². The van der Waals surface area contributed by atoms with Crippen molar-refractivity contribution in [3.05, 3.63) is 65.8 Å². The summed E-state index contributed by atoms with van der Waals surface area (Å²) in [5.41, 5.74) is 0.968. The normalized spacial score (nSPS) is 11.6. The molecule has 7 nitrogen and oxygen atoms in total. The molecule has 0 amide bonds. The minimum Gasteiger partial charge on any atom is -0.496 e. The Morgan fingerprint density at radius 3 is 2.72 bits per heavy atom. The lowest BCUT2D eigenvalue weighted by Gasteiger charge is -2.12. The lowest BCUT2D eigenvalue weighted by Crippen LogP contribution is -2.13. The van der Waals surface area contributed by atoms with E-state index >= 15 is 0 Å². The number of halogens is 2. The molecular formula is C19H13ClFN3O4S. The van der Waals surface area contributed by atoms with Gasteiger partial charge >= 0.3 is 0 Å². The van der Waals surface area contributed by atoms with Crippen molar-refractivity contribution < 1.29 is 22.1 Å². The van der Waals surface area contributed by atoms with E-state index in [0.717, 1.165) is 0 Å². The second kappa shape index (κ2) is 7.34. The lowest BCUT2D eigenvalue weighted by atomic mass is 10.0. The molecule has 0 radical (unpaired) electrons. The van der Waals surface area contributed by atoms with Crippen molar-refractivity contribution in [2.75, 3.05) is 11.8 Å². The molecule has 0 spiro atoms. The molecule has 0 aliphatic heterocycles. The Morgan fingerprint density at radius 2 is 2.00 bits per heavy atom. The second-order valence-electron chi connectivity index (χ2n) is 6.00. The van der Waals surface area contributed by atoms with Crippen LogP contribution in [0, 0.1) is 5.82 Å². The van der Waals surface area contributed by atoms with Crippen LogP contribution in [-0.4, -0.2) is 25.7 Å². The first-order valence-electron chi connectivity index (χ1n) is 8.24. The van der Waals surface area contributed by atoms with Gasteiger partial charge in [-0.25, -0.2) is 12.8 Å². The molecule has 0 aliphatic rings. The summed E-state index contributed by atoms with van der Waals surface area (Å²) in [7, 11) is -2.45. The molecule has 4 rings (SSSR count). The number of methoxy groups -OCH3 is 1. The van der Waals surface area contributed by atoms with Gasteiger partial charge < -0.3 is 9.26 Å². The number of pyridine rings is 1. The SMILES string of the molecule is COc1cc(F)c(Cl)cc1-c1nccc2cc(S(=O)(=O)Nc3ccon3)ccc12. The van der Waals surface area contributed by atoms with E-state index in [4.69, 9.17) is 16.3 Å². The Hall–Kier alpha value is -3.17. The maximum Gasteiger partial charge on any atom is 0.263 e. The van der Waals surface area contributed by atoms with Crippen LogP contribution in [0.15, 0.2) is 64.3 Å². The van der Waals surface area contributed by atoms with Gasteiger partial charge in [-0.3, -0.25) is 9.71 Å². The van der Waals surface area contributed by atoms with Gasteiger partial charge in [0.05, 0.1) is 22.7 Å². The number of ether oxygens (including phenoxy) is 1. The average molecular weight is 434 g/mol. The molecule has 0 saturated heterocycles. The summed E-state index contributed by atoms with van der Waals surface area (Å²) in [4.78, 5) is 4.40. The first-order valence-corrected chi connectivity index (χ1v) is 10.1. The molecule has 4 aromatic rings. The Balaban J connectivity index is 1.83. The Kier molecular flexibility index (Phi) is 4.85. The molecule has 0 unspecified atom stereocenters. The molecular weight excluding hydrogens is 421 g/mol. The smallest absolute Gasteiger partial charge is 0.263 e. The van der Waals surface area contributed by atoms with Crippen LogP contribution in [0.4, 0.5) is 10.2 Å². The molecule has 0 atom stereocenters. The molecule has 0 saturated carbocycles. The maximum absolute atomic E-state index is 13.8. The Morgan fingerprint density at radius 1 is 1.17 bits per heavy atom. The first kappa shape index (κ1) is 19.2. The number of hydrogen-bond donors (Lipinski definition) is 1. The summed E-state index contributed by atoms with van der Waals surface area (Å²) in [5.74, 6) is -0.276. The van der Waals surface area contributed by atoms with Crippen molar-refractivity contribution in [1.29, 1.82) is 0 Å². The third-order valence-corrected chi connectivity index (χ3v) is 5.86. The van der Waals surface area contributed by atoms with E-state index in [9.17, 15) is 12.8 Å². The fraction of sp³-hybridized carbons (Fsp3) is 0.0526. The second-order valence-corrected chi connectivity index (χ2v) is 8.09. The van der Waals surface area contributed by atoms with Crippen molar-refractivity contribution in [2.45, 2.75) is 4.90 Å². The number of nitrogens with zero attached hydrogens (tertiary/aromatic N) is 2.